The molecule has 6 heteroatoms. The molecule has 0 fully saturated rings. The highest BCUT2D eigenvalue weighted by molar-refractivity contribution is 9.10. The van der Waals surface area contributed by atoms with Gasteiger partial charge in [-0.2, -0.15) is 0 Å². The maximum atomic E-state index is 13.4. The number of nitrogens with zero attached hydrogens (tertiary/aromatic N) is 2. The second-order valence-corrected chi connectivity index (χ2v) is 7.44. The van der Waals surface area contributed by atoms with Crippen molar-refractivity contribution in [2.75, 3.05) is 0 Å². The SMILES string of the molecule is CCC(NCc1ccco1)c1nc2ccccc2c(=O)n1-c1ccc(Br)cc1. The van der Waals surface area contributed by atoms with Crippen LogP contribution in [-0.2, 0) is 6.54 Å². The van der Waals surface area contributed by atoms with E-state index in [1.165, 1.54) is 0 Å². The van der Waals surface area contributed by atoms with Gasteiger partial charge in [0.2, 0.25) is 0 Å². The Labute approximate surface area is 171 Å². The predicted molar refractivity (Wildman–Crippen MR) is 114 cm³/mol. The fourth-order valence-electron chi connectivity index (χ4n) is 3.28. The highest BCUT2D eigenvalue weighted by Crippen LogP contribution is 2.22. The van der Waals surface area contributed by atoms with E-state index in [1.807, 2.05) is 60.7 Å². The second kappa shape index (κ2) is 8.12. The lowest BCUT2D eigenvalue weighted by atomic mass is 10.1. The summed E-state index contributed by atoms with van der Waals surface area (Å²) >= 11 is 3.46. The predicted octanol–water partition coefficient (Wildman–Crippen LogP) is 4.98. The lowest BCUT2D eigenvalue weighted by Gasteiger charge is -2.21. The fraction of sp³-hybridized carbons (Fsp3) is 0.182. The normalized spacial score (nSPS) is 12.4. The van der Waals surface area contributed by atoms with Crippen LogP contribution in [0.4, 0.5) is 0 Å². The van der Waals surface area contributed by atoms with E-state index in [2.05, 4.69) is 28.2 Å². The van der Waals surface area contributed by atoms with Gasteiger partial charge in [-0.15, -0.1) is 0 Å². The van der Waals surface area contributed by atoms with E-state index in [0.717, 1.165) is 22.3 Å². The monoisotopic (exact) mass is 437 g/mol. The molecule has 0 aliphatic rings. The number of aromatic nitrogens is 2. The van der Waals surface area contributed by atoms with Crippen molar-refractivity contribution in [1.29, 1.82) is 0 Å². The Kier molecular flexibility index (Phi) is 5.41. The Bertz CT molecular complexity index is 1130. The van der Waals surface area contributed by atoms with E-state index >= 15 is 0 Å². The van der Waals surface area contributed by atoms with Gasteiger partial charge in [0.05, 0.1) is 35.4 Å². The first-order chi connectivity index (χ1) is 13.7. The molecule has 1 N–H and O–H groups in total. The van der Waals surface area contributed by atoms with Crippen LogP contribution in [0.15, 0.2) is 80.6 Å². The van der Waals surface area contributed by atoms with Crippen molar-refractivity contribution in [3.63, 3.8) is 0 Å². The van der Waals surface area contributed by atoms with Gasteiger partial charge in [0.15, 0.2) is 0 Å². The van der Waals surface area contributed by atoms with Crippen LogP contribution < -0.4 is 10.9 Å². The quantitative estimate of drug-likeness (QED) is 0.461. The maximum absolute atomic E-state index is 13.4. The Balaban J connectivity index is 1.85. The number of rotatable bonds is 6. The molecule has 0 spiro atoms. The molecule has 0 radical (unpaired) electrons. The zero-order chi connectivity index (χ0) is 19.5. The molecule has 28 heavy (non-hydrogen) atoms. The summed E-state index contributed by atoms with van der Waals surface area (Å²) in [4.78, 5) is 18.2. The average Bonchev–Trinajstić information content (AvgIpc) is 3.23. The fourth-order valence-corrected chi connectivity index (χ4v) is 3.54. The molecule has 2 aromatic heterocycles. The largest absolute Gasteiger partial charge is 0.468 e. The van der Waals surface area contributed by atoms with E-state index in [1.54, 1.807) is 10.8 Å². The molecule has 5 nitrogen and oxygen atoms in total. The van der Waals surface area contributed by atoms with E-state index in [-0.39, 0.29) is 11.6 Å². The molecule has 2 heterocycles. The van der Waals surface area contributed by atoms with E-state index < -0.39 is 0 Å². The van der Waals surface area contributed by atoms with Crippen molar-refractivity contribution in [2.45, 2.75) is 25.9 Å². The molecular formula is C22H20BrN3O2. The van der Waals surface area contributed by atoms with Gasteiger partial charge in [0.25, 0.3) is 5.56 Å². The summed E-state index contributed by atoms with van der Waals surface area (Å²) in [5.41, 5.74) is 1.43. The van der Waals surface area contributed by atoms with Gasteiger partial charge in [0.1, 0.15) is 11.6 Å². The van der Waals surface area contributed by atoms with Gasteiger partial charge in [-0.3, -0.25) is 9.36 Å². The van der Waals surface area contributed by atoms with Crippen LogP contribution in [0.1, 0.15) is 31.0 Å². The number of halogens is 1. The molecule has 142 valence electrons. The summed E-state index contributed by atoms with van der Waals surface area (Å²) in [6, 6.07) is 18.9. The van der Waals surface area contributed by atoms with Crippen molar-refractivity contribution < 1.29 is 4.42 Å². The Morgan fingerprint density at radius 1 is 1.11 bits per heavy atom. The maximum Gasteiger partial charge on any atom is 0.266 e. The van der Waals surface area contributed by atoms with E-state index in [9.17, 15) is 4.79 Å². The molecule has 0 aliphatic carbocycles. The minimum Gasteiger partial charge on any atom is -0.468 e. The summed E-state index contributed by atoms with van der Waals surface area (Å²) in [6.07, 6.45) is 2.44. The second-order valence-electron chi connectivity index (χ2n) is 6.53. The van der Waals surface area contributed by atoms with Crippen LogP contribution in [0, 0.1) is 0 Å². The first-order valence-corrected chi connectivity index (χ1v) is 10.00. The number of hydrogen-bond donors (Lipinski definition) is 1. The van der Waals surface area contributed by atoms with Crippen molar-refractivity contribution in [2.24, 2.45) is 0 Å². The zero-order valence-corrected chi connectivity index (χ0v) is 17.0. The first-order valence-electron chi connectivity index (χ1n) is 9.20. The number of fused-ring (bicyclic) bond motifs is 1. The molecule has 0 bridgehead atoms. The van der Waals surface area contributed by atoms with E-state index in [0.29, 0.717) is 23.3 Å². The van der Waals surface area contributed by atoms with Crippen LogP contribution >= 0.6 is 15.9 Å². The van der Waals surface area contributed by atoms with Crippen LogP contribution in [0.25, 0.3) is 16.6 Å². The van der Waals surface area contributed by atoms with Crippen molar-refractivity contribution in [1.82, 2.24) is 14.9 Å². The molecule has 0 saturated heterocycles. The molecule has 1 atom stereocenters. The third kappa shape index (κ3) is 3.66. The van der Waals surface area contributed by atoms with E-state index in [4.69, 9.17) is 9.40 Å². The Morgan fingerprint density at radius 2 is 1.89 bits per heavy atom. The van der Waals surface area contributed by atoms with Gasteiger partial charge < -0.3 is 9.73 Å². The highest BCUT2D eigenvalue weighted by Gasteiger charge is 2.20. The molecule has 4 aromatic rings. The summed E-state index contributed by atoms with van der Waals surface area (Å²) in [6.45, 7) is 2.64. The summed E-state index contributed by atoms with van der Waals surface area (Å²) in [5.74, 6) is 1.54. The molecule has 0 saturated carbocycles. The minimum absolute atomic E-state index is 0.0684. The van der Waals surface area contributed by atoms with Gasteiger partial charge in [-0.05, 0) is 55.0 Å². The average molecular weight is 438 g/mol. The lowest BCUT2D eigenvalue weighted by molar-refractivity contribution is 0.428. The first kappa shape index (κ1) is 18.7. The van der Waals surface area contributed by atoms with Gasteiger partial charge in [0, 0.05) is 4.47 Å². The third-order valence-corrected chi connectivity index (χ3v) is 5.24. The van der Waals surface area contributed by atoms with Crippen molar-refractivity contribution in [3.8, 4) is 5.69 Å². The molecule has 1 unspecified atom stereocenters. The number of furan rings is 1. The van der Waals surface area contributed by atoms with Crippen LogP contribution in [0.2, 0.25) is 0 Å². The lowest BCUT2D eigenvalue weighted by Crippen LogP contribution is -2.31. The number of hydrogen-bond acceptors (Lipinski definition) is 4. The van der Waals surface area contributed by atoms with Crippen LogP contribution in [0.5, 0.6) is 0 Å². The molecular weight excluding hydrogens is 418 g/mol. The summed E-state index contributed by atoms with van der Waals surface area (Å²) < 4.78 is 8.10. The molecule has 2 aromatic carbocycles. The Morgan fingerprint density at radius 3 is 2.61 bits per heavy atom. The minimum atomic E-state index is -0.106. The van der Waals surface area contributed by atoms with Gasteiger partial charge in [-0.25, -0.2) is 4.98 Å². The number of benzene rings is 2. The molecule has 0 aliphatic heterocycles. The zero-order valence-electron chi connectivity index (χ0n) is 15.4. The smallest absolute Gasteiger partial charge is 0.266 e. The van der Waals surface area contributed by atoms with Crippen molar-refractivity contribution >= 4 is 26.8 Å². The van der Waals surface area contributed by atoms with Crippen molar-refractivity contribution in [3.05, 3.63) is 93.3 Å². The summed E-state index contributed by atoms with van der Waals surface area (Å²) in [5, 5.41) is 4.08. The van der Waals surface area contributed by atoms with Gasteiger partial charge in [-0.1, -0.05) is 35.0 Å². The highest BCUT2D eigenvalue weighted by atomic mass is 79.9. The standard InChI is InChI=1S/C22H20BrN3O2/c1-2-19(24-14-17-6-5-13-28-17)21-25-20-8-4-3-7-18(20)22(27)26(21)16-11-9-15(23)10-12-16/h3-13,19,24H,2,14H2,1H3. The molecule has 0 amide bonds. The summed E-state index contributed by atoms with van der Waals surface area (Å²) in [7, 11) is 0. The van der Waals surface area contributed by atoms with Gasteiger partial charge >= 0.3 is 0 Å². The topological polar surface area (TPSA) is 60.1 Å². The number of nitrogens with one attached hydrogen (secondary N) is 1. The number of para-hydroxylation sites is 1. The van der Waals surface area contributed by atoms with Crippen LogP contribution in [0.3, 0.4) is 0 Å². The third-order valence-electron chi connectivity index (χ3n) is 4.71. The van der Waals surface area contributed by atoms with Crippen LogP contribution in [-0.4, -0.2) is 9.55 Å². The molecule has 4 rings (SSSR count). The Hall–Kier alpha value is -2.70.